The van der Waals surface area contributed by atoms with Crippen LogP contribution < -0.4 is 9.47 Å². The maximum Gasteiger partial charge on any atom is 0.161 e. The van der Waals surface area contributed by atoms with E-state index in [0.717, 1.165) is 63.4 Å². The number of rotatable bonds is 6. The predicted molar refractivity (Wildman–Crippen MR) is 137 cm³/mol. The van der Waals surface area contributed by atoms with Gasteiger partial charge in [0.2, 0.25) is 0 Å². The van der Waals surface area contributed by atoms with Crippen molar-refractivity contribution in [3.63, 3.8) is 0 Å². The van der Waals surface area contributed by atoms with Gasteiger partial charge in [-0.3, -0.25) is 0 Å². The molecule has 0 spiro atoms. The van der Waals surface area contributed by atoms with Crippen LogP contribution in [0.3, 0.4) is 0 Å². The van der Waals surface area contributed by atoms with E-state index in [4.69, 9.17) is 14.2 Å². The Bertz CT molecular complexity index is 1370. The Hall–Kier alpha value is -3.50. The third kappa shape index (κ3) is 3.17. The van der Waals surface area contributed by atoms with E-state index >= 15 is 0 Å². The van der Waals surface area contributed by atoms with Gasteiger partial charge in [0.05, 0.1) is 14.2 Å². The molecule has 0 radical (unpaired) electrons. The minimum Gasteiger partial charge on any atom is -0.507 e. The standard InChI is InChI=1S/C30H30O4/c1-5-6-15-30(34-4)24-14-10-9-12-20(24)19-11-7-8-13-21(19)29-23-17-28(33-3)27(32-2)16-22(23)26(31)18-25(29)30/h7-14,16-18,31H,5-6,15H2,1-4H3. The molecule has 1 aliphatic carbocycles. The number of aromatic hydroxyl groups is 1. The van der Waals surface area contributed by atoms with Crippen molar-refractivity contribution < 1.29 is 19.3 Å². The molecule has 174 valence electrons. The van der Waals surface area contributed by atoms with Gasteiger partial charge in [0, 0.05) is 18.1 Å². The minimum atomic E-state index is -0.709. The fourth-order valence-corrected chi connectivity index (χ4v) is 5.51. The third-order valence-electron chi connectivity index (χ3n) is 7.13. The van der Waals surface area contributed by atoms with Crippen molar-refractivity contribution in [3.8, 4) is 39.5 Å². The van der Waals surface area contributed by atoms with E-state index in [2.05, 4.69) is 55.5 Å². The number of fused-ring (bicyclic) bond motifs is 7. The molecule has 0 heterocycles. The number of hydrogen-bond acceptors (Lipinski definition) is 4. The van der Waals surface area contributed by atoms with Gasteiger partial charge in [-0.15, -0.1) is 0 Å². The first kappa shape index (κ1) is 22.3. The largest absolute Gasteiger partial charge is 0.507 e. The quantitative estimate of drug-likeness (QED) is 0.332. The molecule has 1 unspecified atom stereocenters. The lowest BCUT2D eigenvalue weighted by Gasteiger charge is -2.36. The van der Waals surface area contributed by atoms with Crippen LogP contribution in [0.5, 0.6) is 17.2 Å². The highest BCUT2D eigenvalue weighted by Gasteiger charge is 2.41. The van der Waals surface area contributed by atoms with Gasteiger partial charge in [-0.25, -0.2) is 0 Å². The second kappa shape index (κ2) is 8.69. The molecule has 4 aromatic carbocycles. The van der Waals surface area contributed by atoms with Gasteiger partial charge < -0.3 is 19.3 Å². The molecular formula is C30H30O4. The molecule has 0 bridgehead atoms. The normalized spacial score (nSPS) is 16.4. The Balaban J connectivity index is 2.01. The Kier molecular flexibility index (Phi) is 5.70. The molecule has 0 saturated heterocycles. The first-order valence-electron chi connectivity index (χ1n) is 11.8. The van der Waals surface area contributed by atoms with Gasteiger partial charge in [-0.2, -0.15) is 0 Å². The molecule has 1 N–H and O–H groups in total. The zero-order chi connectivity index (χ0) is 23.9. The molecule has 4 aromatic rings. The fraction of sp³-hybridized carbons (Fsp3) is 0.267. The van der Waals surface area contributed by atoms with Crippen LogP contribution in [0.4, 0.5) is 0 Å². The number of phenolic OH excluding ortho intramolecular Hbond substituents is 1. The van der Waals surface area contributed by atoms with E-state index in [0.29, 0.717) is 11.5 Å². The molecule has 0 aromatic heterocycles. The second-order valence-corrected chi connectivity index (χ2v) is 8.80. The van der Waals surface area contributed by atoms with Crippen LogP contribution in [0.2, 0.25) is 0 Å². The summed E-state index contributed by atoms with van der Waals surface area (Å²) in [4.78, 5) is 0. The van der Waals surface area contributed by atoms with E-state index in [1.54, 1.807) is 21.3 Å². The number of methoxy groups -OCH3 is 3. The molecule has 1 aliphatic rings. The smallest absolute Gasteiger partial charge is 0.161 e. The van der Waals surface area contributed by atoms with E-state index in [9.17, 15) is 5.11 Å². The molecule has 0 saturated carbocycles. The number of unbranched alkanes of at least 4 members (excludes halogenated alkanes) is 1. The summed E-state index contributed by atoms with van der Waals surface area (Å²) >= 11 is 0. The summed E-state index contributed by atoms with van der Waals surface area (Å²) in [5.74, 6) is 1.41. The highest BCUT2D eigenvalue weighted by atomic mass is 16.5. The van der Waals surface area contributed by atoms with Crippen LogP contribution in [0.25, 0.3) is 33.0 Å². The number of hydrogen-bond donors (Lipinski definition) is 1. The zero-order valence-corrected chi connectivity index (χ0v) is 20.1. The van der Waals surface area contributed by atoms with E-state index in [-0.39, 0.29) is 5.75 Å². The molecular weight excluding hydrogens is 424 g/mol. The SMILES string of the molecule is CCCCC1(OC)c2ccccc2-c2ccccc2-c2c1cc(O)c1cc(OC)c(OC)cc21. The molecule has 4 nitrogen and oxygen atoms in total. The van der Waals surface area contributed by atoms with E-state index < -0.39 is 5.60 Å². The first-order chi connectivity index (χ1) is 16.6. The average Bonchev–Trinajstić information content (AvgIpc) is 2.98. The van der Waals surface area contributed by atoms with Gasteiger partial charge in [-0.05, 0) is 57.8 Å². The predicted octanol–water partition coefficient (Wildman–Crippen LogP) is 7.29. The van der Waals surface area contributed by atoms with Crippen molar-refractivity contribution in [1.29, 1.82) is 0 Å². The summed E-state index contributed by atoms with van der Waals surface area (Å²) in [6.45, 7) is 2.19. The highest BCUT2D eigenvalue weighted by Crippen LogP contribution is 2.55. The summed E-state index contributed by atoms with van der Waals surface area (Å²) in [5, 5.41) is 12.9. The van der Waals surface area contributed by atoms with Crippen LogP contribution >= 0.6 is 0 Å². The maximum absolute atomic E-state index is 11.3. The maximum atomic E-state index is 11.3. The molecule has 0 aliphatic heterocycles. The Morgan fingerprint density at radius 1 is 0.735 bits per heavy atom. The van der Waals surface area contributed by atoms with Crippen LogP contribution in [-0.4, -0.2) is 26.4 Å². The van der Waals surface area contributed by atoms with Gasteiger partial charge in [0.1, 0.15) is 11.4 Å². The highest BCUT2D eigenvalue weighted by molar-refractivity contribution is 6.07. The monoisotopic (exact) mass is 454 g/mol. The minimum absolute atomic E-state index is 0.199. The van der Waals surface area contributed by atoms with Crippen LogP contribution in [0.1, 0.15) is 37.3 Å². The summed E-state index contributed by atoms with van der Waals surface area (Å²) in [5.41, 5.74) is 5.85. The summed E-state index contributed by atoms with van der Waals surface area (Å²) in [7, 11) is 5.02. The van der Waals surface area contributed by atoms with Gasteiger partial charge in [0.25, 0.3) is 0 Å². The fourth-order valence-electron chi connectivity index (χ4n) is 5.51. The van der Waals surface area contributed by atoms with Gasteiger partial charge in [0.15, 0.2) is 11.5 Å². The summed E-state index contributed by atoms with van der Waals surface area (Å²) in [6, 6.07) is 22.7. The number of phenols is 1. The van der Waals surface area contributed by atoms with E-state index in [1.165, 1.54) is 0 Å². The summed E-state index contributed by atoms with van der Waals surface area (Å²) in [6.07, 6.45) is 2.83. The van der Waals surface area contributed by atoms with Crippen LogP contribution in [0, 0.1) is 0 Å². The Morgan fingerprint density at radius 3 is 2.00 bits per heavy atom. The first-order valence-corrected chi connectivity index (χ1v) is 11.8. The zero-order valence-electron chi connectivity index (χ0n) is 20.1. The molecule has 5 rings (SSSR count). The molecule has 0 fully saturated rings. The van der Waals surface area contributed by atoms with Crippen molar-refractivity contribution >= 4 is 10.8 Å². The van der Waals surface area contributed by atoms with Crippen molar-refractivity contribution in [2.45, 2.75) is 31.8 Å². The Morgan fingerprint density at radius 2 is 1.35 bits per heavy atom. The lowest BCUT2D eigenvalue weighted by Crippen LogP contribution is -2.31. The number of ether oxygens (including phenoxy) is 3. The molecule has 0 amide bonds. The number of benzene rings is 4. The molecule has 4 heteroatoms. The van der Waals surface area contributed by atoms with Crippen molar-refractivity contribution in [3.05, 3.63) is 77.9 Å². The second-order valence-electron chi connectivity index (χ2n) is 8.80. The molecule has 1 atom stereocenters. The lowest BCUT2D eigenvalue weighted by molar-refractivity contribution is 0.0137. The van der Waals surface area contributed by atoms with Crippen LogP contribution in [0.15, 0.2) is 66.7 Å². The lowest BCUT2D eigenvalue weighted by atomic mass is 9.78. The van der Waals surface area contributed by atoms with Gasteiger partial charge >= 0.3 is 0 Å². The van der Waals surface area contributed by atoms with Gasteiger partial charge in [-0.1, -0.05) is 68.3 Å². The average molecular weight is 455 g/mol. The third-order valence-corrected chi connectivity index (χ3v) is 7.13. The van der Waals surface area contributed by atoms with Crippen LogP contribution in [-0.2, 0) is 10.3 Å². The molecule has 34 heavy (non-hydrogen) atoms. The van der Waals surface area contributed by atoms with Crippen molar-refractivity contribution in [2.24, 2.45) is 0 Å². The summed E-state index contributed by atoms with van der Waals surface area (Å²) < 4.78 is 17.7. The Labute approximate surface area is 200 Å². The van der Waals surface area contributed by atoms with E-state index in [1.807, 2.05) is 18.2 Å². The van der Waals surface area contributed by atoms with Crippen molar-refractivity contribution in [1.82, 2.24) is 0 Å². The topological polar surface area (TPSA) is 47.9 Å². The van der Waals surface area contributed by atoms with Crippen molar-refractivity contribution in [2.75, 3.05) is 21.3 Å².